The molecule has 1 aliphatic heterocycles. The average Bonchev–Trinajstić information content (AvgIpc) is 2.60. The van der Waals surface area contributed by atoms with Crippen LogP contribution >= 0.6 is 0 Å². The number of carbonyl (C=O) groups excluding carboxylic acids is 1. The number of esters is 1. The molecule has 0 aliphatic carbocycles. The molecule has 1 saturated heterocycles. The Morgan fingerprint density at radius 1 is 1.44 bits per heavy atom. The van der Waals surface area contributed by atoms with Gasteiger partial charge in [0.15, 0.2) is 0 Å². The molecule has 0 aromatic carbocycles. The predicted molar refractivity (Wildman–Crippen MR) is 73.6 cm³/mol. The quantitative estimate of drug-likeness (QED) is 0.717. The standard InChI is InChI=1S/C14H28N2O2/c1-11(13(17)18-14(2,3)4)16-9-7-8-12(16)10-15(5)6/h11-12H,7-10H2,1-6H3. The Balaban J connectivity index is 2.59. The molecule has 0 radical (unpaired) electrons. The van der Waals surface area contributed by atoms with Gasteiger partial charge in [-0.2, -0.15) is 0 Å². The Labute approximate surface area is 111 Å². The molecular formula is C14H28N2O2. The van der Waals surface area contributed by atoms with Gasteiger partial charge >= 0.3 is 5.97 Å². The van der Waals surface area contributed by atoms with Gasteiger partial charge < -0.3 is 9.64 Å². The summed E-state index contributed by atoms with van der Waals surface area (Å²) in [4.78, 5) is 16.6. The third-order valence-electron chi connectivity index (χ3n) is 3.24. The first-order valence-electron chi connectivity index (χ1n) is 6.84. The molecule has 2 unspecified atom stereocenters. The van der Waals surface area contributed by atoms with Crippen LogP contribution in [0.25, 0.3) is 0 Å². The summed E-state index contributed by atoms with van der Waals surface area (Å²) in [5, 5.41) is 0. The second-order valence-electron chi connectivity index (χ2n) is 6.51. The molecule has 4 heteroatoms. The van der Waals surface area contributed by atoms with E-state index in [1.165, 1.54) is 12.8 Å². The largest absolute Gasteiger partial charge is 0.459 e. The van der Waals surface area contributed by atoms with Crippen molar-refractivity contribution < 1.29 is 9.53 Å². The third-order valence-corrected chi connectivity index (χ3v) is 3.24. The zero-order valence-electron chi connectivity index (χ0n) is 12.7. The summed E-state index contributed by atoms with van der Waals surface area (Å²) >= 11 is 0. The van der Waals surface area contributed by atoms with Crippen LogP contribution in [0.4, 0.5) is 0 Å². The zero-order chi connectivity index (χ0) is 13.9. The summed E-state index contributed by atoms with van der Waals surface area (Å²) in [6.07, 6.45) is 2.34. The minimum absolute atomic E-state index is 0.104. The van der Waals surface area contributed by atoms with E-state index in [1.807, 2.05) is 27.7 Å². The number of likely N-dealkylation sites (tertiary alicyclic amines) is 1. The van der Waals surface area contributed by atoms with Crippen LogP contribution in [0.3, 0.4) is 0 Å². The molecule has 0 saturated carbocycles. The maximum absolute atomic E-state index is 12.1. The van der Waals surface area contributed by atoms with Crippen molar-refractivity contribution in [3.63, 3.8) is 0 Å². The highest BCUT2D eigenvalue weighted by Crippen LogP contribution is 2.22. The second-order valence-corrected chi connectivity index (χ2v) is 6.51. The molecule has 1 fully saturated rings. The van der Waals surface area contributed by atoms with Gasteiger partial charge in [0.05, 0.1) is 0 Å². The molecule has 0 spiro atoms. The van der Waals surface area contributed by atoms with Crippen molar-refractivity contribution in [2.75, 3.05) is 27.2 Å². The molecule has 0 aromatic rings. The maximum atomic E-state index is 12.1. The Morgan fingerprint density at radius 2 is 2.06 bits per heavy atom. The van der Waals surface area contributed by atoms with Crippen molar-refractivity contribution in [1.82, 2.24) is 9.80 Å². The summed E-state index contributed by atoms with van der Waals surface area (Å²) in [5.41, 5.74) is -0.401. The monoisotopic (exact) mass is 256 g/mol. The van der Waals surface area contributed by atoms with E-state index in [2.05, 4.69) is 23.9 Å². The minimum atomic E-state index is -0.401. The number of hydrogen-bond acceptors (Lipinski definition) is 4. The fraction of sp³-hybridized carbons (Fsp3) is 0.929. The van der Waals surface area contributed by atoms with Crippen molar-refractivity contribution >= 4 is 5.97 Å². The van der Waals surface area contributed by atoms with Crippen molar-refractivity contribution in [3.8, 4) is 0 Å². The number of ether oxygens (including phenoxy) is 1. The first-order chi connectivity index (χ1) is 8.20. The molecule has 106 valence electrons. The van der Waals surface area contributed by atoms with Gasteiger partial charge in [-0.15, -0.1) is 0 Å². The number of likely N-dealkylation sites (N-methyl/N-ethyl adjacent to an activating group) is 1. The Hall–Kier alpha value is -0.610. The minimum Gasteiger partial charge on any atom is -0.459 e. The van der Waals surface area contributed by atoms with Crippen molar-refractivity contribution in [1.29, 1.82) is 0 Å². The first-order valence-corrected chi connectivity index (χ1v) is 6.84. The van der Waals surface area contributed by atoms with Crippen LogP contribution in [-0.4, -0.2) is 60.6 Å². The molecule has 4 nitrogen and oxygen atoms in total. The SMILES string of the molecule is CC(C(=O)OC(C)(C)C)N1CCCC1CN(C)C. The van der Waals surface area contributed by atoms with Crippen LogP contribution in [0.1, 0.15) is 40.5 Å². The van der Waals surface area contributed by atoms with Gasteiger partial charge in [0.2, 0.25) is 0 Å². The maximum Gasteiger partial charge on any atom is 0.323 e. The van der Waals surface area contributed by atoms with Gasteiger partial charge in [0, 0.05) is 12.6 Å². The number of carbonyl (C=O) groups is 1. The summed E-state index contributed by atoms with van der Waals surface area (Å²) in [6.45, 7) is 9.71. The Kier molecular flexibility index (Phi) is 5.17. The van der Waals surface area contributed by atoms with E-state index >= 15 is 0 Å². The van der Waals surface area contributed by atoms with Crippen molar-refractivity contribution in [3.05, 3.63) is 0 Å². The highest BCUT2D eigenvalue weighted by molar-refractivity contribution is 5.75. The molecule has 1 aliphatic rings. The van der Waals surface area contributed by atoms with Gasteiger partial charge in [-0.25, -0.2) is 0 Å². The zero-order valence-corrected chi connectivity index (χ0v) is 12.7. The summed E-state index contributed by atoms with van der Waals surface area (Å²) in [5.74, 6) is -0.104. The van der Waals surface area contributed by atoms with Gasteiger partial charge in [-0.3, -0.25) is 9.69 Å². The van der Waals surface area contributed by atoms with E-state index in [4.69, 9.17) is 4.74 Å². The normalized spacial score (nSPS) is 23.4. The highest BCUT2D eigenvalue weighted by atomic mass is 16.6. The lowest BCUT2D eigenvalue weighted by Crippen LogP contribution is -2.47. The van der Waals surface area contributed by atoms with E-state index in [0.717, 1.165) is 13.1 Å². The van der Waals surface area contributed by atoms with Crippen LogP contribution in [0.15, 0.2) is 0 Å². The van der Waals surface area contributed by atoms with Crippen LogP contribution in [-0.2, 0) is 9.53 Å². The van der Waals surface area contributed by atoms with Gasteiger partial charge in [-0.05, 0) is 61.2 Å². The highest BCUT2D eigenvalue weighted by Gasteiger charge is 2.34. The topological polar surface area (TPSA) is 32.8 Å². The Morgan fingerprint density at radius 3 is 2.56 bits per heavy atom. The number of nitrogens with zero attached hydrogens (tertiary/aromatic N) is 2. The fourth-order valence-corrected chi connectivity index (χ4v) is 2.51. The van der Waals surface area contributed by atoms with Crippen LogP contribution < -0.4 is 0 Å². The lowest BCUT2D eigenvalue weighted by Gasteiger charge is -2.32. The number of rotatable bonds is 4. The van der Waals surface area contributed by atoms with E-state index in [9.17, 15) is 4.79 Å². The smallest absolute Gasteiger partial charge is 0.323 e. The number of hydrogen-bond donors (Lipinski definition) is 0. The van der Waals surface area contributed by atoms with Crippen LogP contribution in [0.2, 0.25) is 0 Å². The summed E-state index contributed by atoms with van der Waals surface area (Å²) in [7, 11) is 4.16. The van der Waals surface area contributed by atoms with Crippen LogP contribution in [0.5, 0.6) is 0 Å². The third kappa shape index (κ3) is 4.58. The van der Waals surface area contributed by atoms with Gasteiger partial charge in [0.25, 0.3) is 0 Å². The van der Waals surface area contributed by atoms with Crippen molar-refractivity contribution in [2.24, 2.45) is 0 Å². The molecule has 18 heavy (non-hydrogen) atoms. The Bertz CT molecular complexity index is 284. The molecule has 0 bridgehead atoms. The summed E-state index contributed by atoms with van der Waals surface area (Å²) < 4.78 is 5.47. The molecular weight excluding hydrogens is 228 g/mol. The van der Waals surface area contributed by atoms with Crippen LogP contribution in [0, 0.1) is 0 Å². The fourth-order valence-electron chi connectivity index (χ4n) is 2.51. The molecule has 1 rings (SSSR count). The molecule has 1 heterocycles. The first kappa shape index (κ1) is 15.4. The molecule has 0 amide bonds. The predicted octanol–water partition coefficient (Wildman–Crippen LogP) is 1.74. The van der Waals surface area contributed by atoms with Gasteiger partial charge in [-0.1, -0.05) is 0 Å². The van der Waals surface area contributed by atoms with Gasteiger partial charge in [0.1, 0.15) is 11.6 Å². The molecule has 0 N–H and O–H groups in total. The lowest BCUT2D eigenvalue weighted by molar-refractivity contribution is -0.161. The molecule has 2 atom stereocenters. The second kappa shape index (κ2) is 6.02. The van der Waals surface area contributed by atoms with Crippen molar-refractivity contribution in [2.45, 2.75) is 58.2 Å². The summed E-state index contributed by atoms with van der Waals surface area (Å²) in [6, 6.07) is 0.333. The van der Waals surface area contributed by atoms with E-state index < -0.39 is 5.60 Å². The average molecular weight is 256 g/mol. The lowest BCUT2D eigenvalue weighted by atomic mass is 10.1. The molecule has 0 aromatic heterocycles. The van der Waals surface area contributed by atoms with E-state index in [-0.39, 0.29) is 12.0 Å². The van der Waals surface area contributed by atoms with E-state index in [0.29, 0.717) is 6.04 Å². The van der Waals surface area contributed by atoms with E-state index in [1.54, 1.807) is 0 Å².